The van der Waals surface area contributed by atoms with Crippen molar-refractivity contribution in [2.45, 2.75) is 5.41 Å². The molecule has 0 fully saturated rings. The van der Waals surface area contributed by atoms with Gasteiger partial charge in [0.2, 0.25) is 0 Å². The summed E-state index contributed by atoms with van der Waals surface area (Å²) in [6.45, 7) is 0. The number of hydrogen-bond acceptors (Lipinski definition) is 2. The molecule has 0 atom stereocenters. The Morgan fingerprint density at radius 1 is 0.274 bits per heavy atom. The molecule has 0 saturated heterocycles. The number of furan rings is 2. The first-order valence-electron chi connectivity index (χ1n) is 25.2. The molecule has 73 heavy (non-hydrogen) atoms. The summed E-state index contributed by atoms with van der Waals surface area (Å²) >= 11 is 0. The summed E-state index contributed by atoms with van der Waals surface area (Å²) < 4.78 is 18.3. The van der Waals surface area contributed by atoms with E-state index in [1.54, 1.807) is 0 Å². The third-order valence-electron chi connectivity index (χ3n) is 16.9. The van der Waals surface area contributed by atoms with Crippen molar-refractivity contribution < 1.29 is 8.83 Å². The summed E-state index contributed by atoms with van der Waals surface area (Å²) in [5.41, 5.74) is 20.1. The van der Waals surface area contributed by atoms with Gasteiger partial charge in [-0.2, -0.15) is 0 Å². The van der Waals surface area contributed by atoms with Crippen LogP contribution in [-0.4, -0.2) is 9.13 Å². The molecule has 18 rings (SSSR count). The van der Waals surface area contributed by atoms with E-state index in [-0.39, 0.29) is 0 Å². The normalized spacial score (nSPS) is 13.6. The average molecular weight is 927 g/mol. The van der Waals surface area contributed by atoms with E-state index >= 15 is 0 Å². The van der Waals surface area contributed by atoms with Crippen molar-refractivity contribution in [3.8, 4) is 33.6 Å². The molecule has 2 aliphatic rings. The monoisotopic (exact) mass is 926 g/mol. The Kier molecular flexibility index (Phi) is 7.00. The van der Waals surface area contributed by atoms with E-state index in [9.17, 15) is 0 Å². The summed E-state index contributed by atoms with van der Waals surface area (Å²) in [5.74, 6) is 0. The lowest BCUT2D eigenvalue weighted by molar-refractivity contribution is 0.668. The van der Waals surface area contributed by atoms with Crippen LogP contribution in [0.1, 0.15) is 22.3 Å². The van der Waals surface area contributed by atoms with Crippen LogP contribution in [0.3, 0.4) is 0 Å². The molecule has 0 N–H and O–H groups in total. The van der Waals surface area contributed by atoms with Crippen molar-refractivity contribution >= 4 is 109 Å². The van der Waals surface area contributed by atoms with Gasteiger partial charge in [0.25, 0.3) is 0 Å². The molecule has 4 heterocycles. The number of rotatable bonds is 2. The van der Waals surface area contributed by atoms with Gasteiger partial charge < -0.3 is 18.0 Å². The van der Waals surface area contributed by atoms with Crippen LogP contribution in [0.15, 0.2) is 239 Å². The number of para-hydroxylation sites is 2. The molecule has 4 heteroatoms. The lowest BCUT2D eigenvalue weighted by Crippen LogP contribution is -2.26. The molecule has 0 radical (unpaired) electrons. The number of nitrogens with zero attached hydrogens (tertiary/aromatic N) is 2. The van der Waals surface area contributed by atoms with E-state index in [4.69, 9.17) is 8.83 Å². The van der Waals surface area contributed by atoms with Gasteiger partial charge in [-0.3, -0.25) is 0 Å². The van der Waals surface area contributed by atoms with Crippen molar-refractivity contribution in [2.75, 3.05) is 0 Å². The molecule has 4 nitrogen and oxygen atoms in total. The van der Waals surface area contributed by atoms with Crippen molar-refractivity contribution in [3.05, 3.63) is 253 Å². The molecule has 12 aromatic carbocycles. The Morgan fingerprint density at radius 3 is 1.18 bits per heavy atom. The molecule has 4 aromatic heterocycles. The lowest BCUT2D eigenvalue weighted by Gasteiger charge is -2.30. The van der Waals surface area contributed by atoms with Gasteiger partial charge in [0.1, 0.15) is 22.3 Å². The van der Waals surface area contributed by atoms with Gasteiger partial charge in [-0.05, 0) is 116 Å². The fourth-order valence-electron chi connectivity index (χ4n) is 14.1. The second-order valence-electron chi connectivity index (χ2n) is 20.2. The van der Waals surface area contributed by atoms with Crippen LogP contribution in [0.2, 0.25) is 0 Å². The fourth-order valence-corrected chi connectivity index (χ4v) is 14.1. The molecule has 0 aliphatic heterocycles. The zero-order valence-electron chi connectivity index (χ0n) is 39.2. The summed E-state index contributed by atoms with van der Waals surface area (Å²) in [7, 11) is 0. The van der Waals surface area contributed by atoms with E-state index in [0.717, 1.165) is 55.3 Å². The van der Waals surface area contributed by atoms with Crippen LogP contribution >= 0.6 is 0 Å². The van der Waals surface area contributed by atoms with Crippen LogP contribution < -0.4 is 0 Å². The quantitative estimate of drug-likeness (QED) is 0.173. The maximum atomic E-state index is 6.62. The third-order valence-corrected chi connectivity index (χ3v) is 16.9. The van der Waals surface area contributed by atoms with Gasteiger partial charge in [0.15, 0.2) is 0 Å². The van der Waals surface area contributed by atoms with Gasteiger partial charge >= 0.3 is 0 Å². The highest BCUT2D eigenvalue weighted by molar-refractivity contribution is 6.24. The number of hydrogen-bond donors (Lipinski definition) is 0. The highest BCUT2D eigenvalue weighted by Gasteiger charge is 2.52. The third kappa shape index (κ3) is 4.60. The predicted octanol–water partition coefficient (Wildman–Crippen LogP) is 18.3. The van der Waals surface area contributed by atoms with E-state index in [2.05, 4.69) is 240 Å². The Hall–Kier alpha value is -9.64. The van der Waals surface area contributed by atoms with Gasteiger partial charge in [-0.1, -0.05) is 170 Å². The van der Waals surface area contributed by atoms with Crippen LogP contribution in [0.25, 0.3) is 143 Å². The maximum absolute atomic E-state index is 6.62. The maximum Gasteiger partial charge on any atom is 0.137 e. The molecular formula is C69H38N2O2. The first kappa shape index (κ1) is 38.2. The van der Waals surface area contributed by atoms with Gasteiger partial charge in [-0.25, -0.2) is 0 Å². The van der Waals surface area contributed by atoms with E-state index in [0.29, 0.717) is 0 Å². The Labute approximate surface area is 416 Å². The zero-order chi connectivity index (χ0) is 47.3. The van der Waals surface area contributed by atoms with E-state index < -0.39 is 5.41 Å². The topological polar surface area (TPSA) is 36.1 Å². The summed E-state index contributed by atoms with van der Waals surface area (Å²) in [6, 6.07) is 85.6. The summed E-state index contributed by atoms with van der Waals surface area (Å²) in [6.07, 6.45) is 0. The minimum absolute atomic E-state index is 0.643. The predicted molar refractivity (Wildman–Crippen MR) is 301 cm³/mol. The molecular weight excluding hydrogens is 889 g/mol. The summed E-state index contributed by atoms with van der Waals surface area (Å²) in [4.78, 5) is 0. The smallest absolute Gasteiger partial charge is 0.137 e. The van der Waals surface area contributed by atoms with Crippen LogP contribution in [0.5, 0.6) is 0 Å². The first-order chi connectivity index (χ1) is 36.2. The number of benzene rings is 12. The van der Waals surface area contributed by atoms with Crippen molar-refractivity contribution in [1.82, 2.24) is 9.13 Å². The lowest BCUT2D eigenvalue weighted by atomic mass is 9.70. The molecule has 336 valence electrons. The molecule has 0 saturated carbocycles. The highest BCUT2D eigenvalue weighted by Crippen LogP contribution is 2.64. The Balaban J connectivity index is 1.04. The zero-order valence-corrected chi connectivity index (χ0v) is 39.2. The number of fused-ring (bicyclic) bond motifs is 26. The first-order valence-corrected chi connectivity index (χ1v) is 25.2. The van der Waals surface area contributed by atoms with Gasteiger partial charge in [-0.15, -0.1) is 0 Å². The molecule has 16 aromatic rings. The van der Waals surface area contributed by atoms with Gasteiger partial charge in [0.05, 0.1) is 49.6 Å². The fraction of sp³-hybridized carbons (Fsp3) is 0.0145. The SMILES string of the molecule is c1ccc2c(c1)-c1ccccc1C21c2cc3c(cc2-c2cc4c5ccc6ccccc6c5n(-c5cccc6oc7ccccc7c56)c4cc21)c1ccc2ccccc2c1n3-c1cccc2oc3ccccc3c12. The Bertz CT molecular complexity index is 4850. The second kappa shape index (κ2) is 13.4. The van der Waals surface area contributed by atoms with Crippen molar-refractivity contribution in [1.29, 1.82) is 0 Å². The highest BCUT2D eigenvalue weighted by atomic mass is 16.3. The summed E-state index contributed by atoms with van der Waals surface area (Å²) in [5, 5.41) is 14.2. The number of aromatic nitrogens is 2. The molecule has 0 amide bonds. The molecule has 0 bridgehead atoms. The molecule has 2 aliphatic carbocycles. The van der Waals surface area contributed by atoms with Crippen LogP contribution in [0, 0.1) is 0 Å². The minimum atomic E-state index is -0.643. The minimum Gasteiger partial charge on any atom is -0.456 e. The Morgan fingerprint density at radius 2 is 0.685 bits per heavy atom. The largest absolute Gasteiger partial charge is 0.456 e. The van der Waals surface area contributed by atoms with Crippen molar-refractivity contribution in [2.24, 2.45) is 0 Å². The van der Waals surface area contributed by atoms with Crippen LogP contribution in [-0.2, 0) is 5.41 Å². The van der Waals surface area contributed by atoms with Gasteiger partial charge in [0, 0.05) is 43.1 Å². The molecule has 1 spiro atoms. The van der Waals surface area contributed by atoms with Crippen LogP contribution in [0.4, 0.5) is 0 Å². The standard InChI is InChI=1S/C69H38N2O2/c1-3-17-41-39(15-1)31-33-45-51-35-49-50-36-52-46-34-32-40-16-2-4-18-42(40)68(46)71(58-26-14-30-64-66(58)48-22-8-12-28-62(48)73-64)60(52)38-56(50)69(53-23-9-5-19-43(53)44-20-6-10-24-54(44)69)55(49)37-59(51)70(67(41)45)57-25-13-29-63-65(57)47-21-7-11-27-61(47)72-63/h1-38H. The second-order valence-corrected chi connectivity index (χ2v) is 20.2. The van der Waals surface area contributed by atoms with E-state index in [1.165, 1.54) is 110 Å². The van der Waals surface area contributed by atoms with Crippen molar-refractivity contribution in [3.63, 3.8) is 0 Å². The average Bonchev–Trinajstić information content (AvgIpc) is 4.39. The molecule has 0 unspecified atom stereocenters. The van der Waals surface area contributed by atoms with E-state index in [1.807, 2.05) is 0 Å².